The van der Waals surface area contributed by atoms with Crippen LogP contribution in [0.3, 0.4) is 0 Å². The standard InChI is InChI=1S/C37H46N6O6S2/c1-36(2,3)30-22-50-35(40-30)39-28-14-8-6-4-5-7-12-24-20-37(24,34(46)42-51(47,48)26-15-16-26)41-31(44)29-19-25(21-43(29)33(28)45)49-32-27-13-10-9-11-23(27)17-18-38-32/h7,9-13,17-18,22,24-26,28-29H,4-6,8,14-16,19-21H2,1-3H3,(H,39,40)(H,41,44)(H,42,46)/b12-7-/t24-,25-,28+,29+,37-/m1/s1. The van der Waals surface area contributed by atoms with Crippen molar-refractivity contribution in [2.45, 2.75) is 113 Å². The van der Waals surface area contributed by atoms with Gasteiger partial charge in [0.25, 0.3) is 5.91 Å². The van der Waals surface area contributed by atoms with Gasteiger partial charge in [0.05, 0.1) is 17.5 Å². The number of rotatable bonds is 7. The quantitative estimate of drug-likeness (QED) is 0.289. The molecule has 0 bridgehead atoms. The van der Waals surface area contributed by atoms with Crippen LogP contribution in [0.2, 0.25) is 0 Å². The van der Waals surface area contributed by atoms with E-state index in [1.54, 1.807) is 11.1 Å². The van der Waals surface area contributed by atoms with Crippen LogP contribution in [0.5, 0.6) is 5.88 Å². The summed E-state index contributed by atoms with van der Waals surface area (Å²) in [6, 6.07) is 8.00. The lowest BCUT2D eigenvalue weighted by molar-refractivity contribution is -0.140. The number of nitrogens with one attached hydrogen (secondary N) is 3. The van der Waals surface area contributed by atoms with Gasteiger partial charge in [-0.2, -0.15) is 0 Å². The molecule has 12 nitrogen and oxygen atoms in total. The average molecular weight is 735 g/mol. The van der Waals surface area contributed by atoms with Crippen LogP contribution in [0.15, 0.2) is 54.1 Å². The van der Waals surface area contributed by atoms with Crippen molar-refractivity contribution in [1.82, 2.24) is 24.9 Å². The van der Waals surface area contributed by atoms with Crippen LogP contribution in [0.25, 0.3) is 10.8 Å². The van der Waals surface area contributed by atoms with E-state index < -0.39 is 50.8 Å². The fourth-order valence-corrected chi connectivity index (χ4v) is 9.38. The minimum absolute atomic E-state index is 0.129. The Labute approximate surface area is 302 Å². The zero-order valence-electron chi connectivity index (χ0n) is 29.3. The maximum atomic E-state index is 14.6. The molecule has 0 unspecified atom stereocenters. The summed E-state index contributed by atoms with van der Waals surface area (Å²) < 4.78 is 34.3. The summed E-state index contributed by atoms with van der Waals surface area (Å²) >= 11 is 1.45. The van der Waals surface area contributed by atoms with E-state index in [0.717, 1.165) is 42.1 Å². The third kappa shape index (κ3) is 7.62. The maximum Gasteiger partial charge on any atom is 0.259 e. The third-order valence-corrected chi connectivity index (χ3v) is 12.9. The van der Waals surface area contributed by atoms with Gasteiger partial charge < -0.3 is 20.3 Å². The lowest BCUT2D eigenvalue weighted by Crippen LogP contribution is -2.57. The fourth-order valence-electron chi connectivity index (χ4n) is 7.02. The first-order valence-corrected chi connectivity index (χ1v) is 20.3. The Kier molecular flexibility index (Phi) is 9.59. The highest BCUT2D eigenvalue weighted by Gasteiger charge is 2.62. The number of ether oxygens (including phenoxy) is 1. The number of hydrogen-bond acceptors (Lipinski definition) is 10. The molecule has 51 heavy (non-hydrogen) atoms. The number of carbonyl (C=O) groups excluding carboxylic acids is 3. The molecule has 4 aliphatic rings. The summed E-state index contributed by atoms with van der Waals surface area (Å²) in [5, 5.41) is 10.2. The Hall–Kier alpha value is -4.04. The molecule has 2 saturated carbocycles. The van der Waals surface area contributed by atoms with E-state index in [4.69, 9.17) is 9.72 Å². The predicted molar refractivity (Wildman–Crippen MR) is 196 cm³/mol. The Bertz CT molecular complexity index is 1950. The second-order valence-corrected chi connectivity index (χ2v) is 18.1. The molecule has 2 aliphatic carbocycles. The molecule has 1 saturated heterocycles. The minimum Gasteiger partial charge on any atom is -0.472 e. The smallest absolute Gasteiger partial charge is 0.259 e. The minimum atomic E-state index is -3.84. The van der Waals surface area contributed by atoms with Crippen molar-refractivity contribution >= 4 is 55.0 Å². The molecule has 0 spiro atoms. The number of allylic oxidation sites excluding steroid dienone is 1. The molecule has 3 N–H and O–H groups in total. The Morgan fingerprint density at radius 1 is 1.10 bits per heavy atom. The van der Waals surface area contributed by atoms with Crippen molar-refractivity contribution in [3.05, 3.63) is 59.8 Å². The lowest BCUT2D eigenvalue weighted by Gasteiger charge is -2.30. The number of pyridine rings is 1. The highest BCUT2D eigenvalue weighted by molar-refractivity contribution is 7.91. The molecule has 4 heterocycles. The summed E-state index contributed by atoms with van der Waals surface area (Å²) in [5.41, 5.74) is -0.663. The van der Waals surface area contributed by atoms with Crippen LogP contribution in [0.4, 0.5) is 5.13 Å². The van der Waals surface area contributed by atoms with Crippen LogP contribution in [0, 0.1) is 5.92 Å². The molecule has 2 aromatic heterocycles. The molecule has 3 fully saturated rings. The average Bonchev–Trinajstić information content (AvgIpc) is 3.97. The topological polar surface area (TPSA) is 160 Å². The van der Waals surface area contributed by atoms with Gasteiger partial charge in [-0.15, -0.1) is 11.3 Å². The molecular weight excluding hydrogens is 689 g/mol. The van der Waals surface area contributed by atoms with Crippen molar-refractivity contribution in [3.63, 3.8) is 0 Å². The molecule has 1 aromatic carbocycles. The number of aromatic nitrogens is 2. The number of fused-ring (bicyclic) bond motifs is 3. The van der Waals surface area contributed by atoms with Crippen LogP contribution in [0.1, 0.15) is 84.3 Å². The lowest BCUT2D eigenvalue weighted by atomic mass is 9.93. The van der Waals surface area contributed by atoms with Crippen LogP contribution < -0.4 is 20.1 Å². The van der Waals surface area contributed by atoms with E-state index in [-0.39, 0.29) is 36.6 Å². The zero-order valence-corrected chi connectivity index (χ0v) is 30.9. The normalized spacial score (nSPS) is 28.1. The molecule has 3 amide bonds. The van der Waals surface area contributed by atoms with Gasteiger partial charge in [-0.25, -0.2) is 18.4 Å². The molecule has 2 aliphatic heterocycles. The van der Waals surface area contributed by atoms with E-state index in [2.05, 4.69) is 41.1 Å². The highest BCUT2D eigenvalue weighted by Crippen LogP contribution is 2.46. The van der Waals surface area contributed by atoms with Gasteiger partial charge in [-0.1, -0.05) is 64.0 Å². The number of hydrogen-bond donors (Lipinski definition) is 3. The molecular formula is C37H46N6O6S2. The summed E-state index contributed by atoms with van der Waals surface area (Å²) in [5.74, 6) is -1.46. The largest absolute Gasteiger partial charge is 0.472 e. The Morgan fingerprint density at radius 3 is 2.67 bits per heavy atom. The predicted octanol–water partition coefficient (Wildman–Crippen LogP) is 4.82. The first kappa shape index (κ1) is 35.4. The second-order valence-electron chi connectivity index (χ2n) is 15.3. The van der Waals surface area contributed by atoms with Gasteiger partial charge in [-0.3, -0.25) is 19.1 Å². The van der Waals surface area contributed by atoms with E-state index in [1.807, 2.05) is 47.9 Å². The third-order valence-electron chi connectivity index (χ3n) is 10.3. The first-order valence-electron chi connectivity index (χ1n) is 17.9. The SMILES string of the molecule is CC(C)(C)c1csc(N[C@H]2CCCCC/C=C\[C@@H]3C[C@@]3(C(=O)NS(=O)(=O)C3CC3)NC(=O)[C@@H]3C[C@@H](Oc4nccc5ccccc45)CN3C2=O)n1. The van der Waals surface area contributed by atoms with Crippen molar-refractivity contribution < 1.29 is 27.5 Å². The van der Waals surface area contributed by atoms with Gasteiger partial charge in [-0.05, 0) is 56.0 Å². The van der Waals surface area contributed by atoms with Gasteiger partial charge in [0.2, 0.25) is 27.7 Å². The first-order chi connectivity index (χ1) is 24.3. The van der Waals surface area contributed by atoms with Crippen molar-refractivity contribution in [3.8, 4) is 5.88 Å². The van der Waals surface area contributed by atoms with Crippen LogP contribution in [-0.4, -0.2) is 76.5 Å². The van der Waals surface area contributed by atoms with Crippen molar-refractivity contribution in [2.24, 2.45) is 5.92 Å². The summed E-state index contributed by atoms with van der Waals surface area (Å²) in [7, 11) is -3.84. The van der Waals surface area contributed by atoms with Gasteiger partial charge >= 0.3 is 0 Å². The molecule has 14 heteroatoms. The highest BCUT2D eigenvalue weighted by atomic mass is 32.2. The van der Waals surface area contributed by atoms with E-state index in [0.29, 0.717) is 30.3 Å². The zero-order chi connectivity index (χ0) is 36.0. The van der Waals surface area contributed by atoms with Crippen LogP contribution in [-0.2, 0) is 29.8 Å². The Morgan fingerprint density at radius 2 is 1.90 bits per heavy atom. The molecule has 0 radical (unpaired) electrons. The molecule has 5 atom stereocenters. The number of carbonyl (C=O) groups is 3. The number of sulfonamides is 1. The fraction of sp³-hybridized carbons (Fsp3) is 0.541. The van der Waals surface area contributed by atoms with Gasteiger partial charge in [0.15, 0.2) is 5.13 Å². The summed E-state index contributed by atoms with van der Waals surface area (Å²) in [6.07, 6.45) is 10.3. The monoisotopic (exact) mass is 734 g/mol. The van der Waals surface area contributed by atoms with E-state index >= 15 is 0 Å². The number of nitrogens with zero attached hydrogens (tertiary/aromatic N) is 3. The second kappa shape index (κ2) is 13.8. The van der Waals surface area contributed by atoms with E-state index in [9.17, 15) is 22.8 Å². The molecule has 3 aromatic rings. The summed E-state index contributed by atoms with van der Waals surface area (Å²) in [6.45, 7) is 6.40. The van der Waals surface area contributed by atoms with Crippen molar-refractivity contribution in [1.29, 1.82) is 0 Å². The maximum absolute atomic E-state index is 14.6. The number of anilines is 1. The van der Waals surface area contributed by atoms with Gasteiger partial charge in [0, 0.05) is 34.7 Å². The molecule has 272 valence electrons. The van der Waals surface area contributed by atoms with Crippen LogP contribution >= 0.6 is 11.3 Å². The van der Waals surface area contributed by atoms with Crippen molar-refractivity contribution in [2.75, 3.05) is 11.9 Å². The summed E-state index contributed by atoms with van der Waals surface area (Å²) in [4.78, 5) is 53.5. The number of benzene rings is 1. The number of thiazole rings is 1. The van der Waals surface area contributed by atoms with E-state index in [1.165, 1.54) is 11.3 Å². The van der Waals surface area contributed by atoms with Gasteiger partial charge in [0.1, 0.15) is 23.7 Å². The Balaban J connectivity index is 1.19. The molecule has 7 rings (SSSR count). The number of amides is 3.